The molecule has 0 atom stereocenters. The zero-order valence-electron chi connectivity index (χ0n) is 12.9. The topological polar surface area (TPSA) is 46.8 Å². The van der Waals surface area contributed by atoms with Gasteiger partial charge in [-0.15, -0.1) is 5.10 Å². The molecule has 0 saturated heterocycles. The number of nitrogens with zero attached hydrogens (tertiary/aromatic N) is 5. The summed E-state index contributed by atoms with van der Waals surface area (Å²) in [7, 11) is 0. The monoisotopic (exact) mass is 311 g/mol. The molecule has 0 aliphatic rings. The molecule has 1 aromatic heterocycles. The second kappa shape index (κ2) is 7.11. The van der Waals surface area contributed by atoms with Crippen molar-refractivity contribution in [3.05, 3.63) is 71.8 Å². The van der Waals surface area contributed by atoms with Crippen LogP contribution in [0.15, 0.2) is 54.6 Å². The maximum atomic E-state index is 13.3. The molecule has 0 bridgehead atoms. The van der Waals surface area contributed by atoms with Crippen LogP contribution in [0.2, 0.25) is 0 Å². The summed E-state index contributed by atoms with van der Waals surface area (Å²) in [6.45, 7) is 4.12. The van der Waals surface area contributed by atoms with E-state index in [-0.39, 0.29) is 5.82 Å². The lowest BCUT2D eigenvalue weighted by atomic mass is 10.2. The average molecular weight is 311 g/mol. The lowest BCUT2D eigenvalue weighted by Crippen LogP contribution is -2.24. The van der Waals surface area contributed by atoms with Crippen LogP contribution in [-0.4, -0.2) is 31.7 Å². The first-order valence-corrected chi connectivity index (χ1v) is 7.55. The predicted octanol–water partition coefficient (Wildman–Crippen LogP) is 2.82. The summed E-state index contributed by atoms with van der Waals surface area (Å²) in [6.07, 6.45) is 0. The Morgan fingerprint density at radius 3 is 2.61 bits per heavy atom. The summed E-state index contributed by atoms with van der Waals surface area (Å²) in [5, 5.41) is 12.0. The van der Waals surface area contributed by atoms with Gasteiger partial charge in [0.05, 0.1) is 12.2 Å². The van der Waals surface area contributed by atoms with Crippen LogP contribution in [0.5, 0.6) is 0 Å². The SMILES string of the molecule is CCN(Cc1cccc(F)c1)Cc1nnnn1-c1ccccc1. The minimum atomic E-state index is -0.215. The first-order chi connectivity index (χ1) is 11.3. The number of tetrazole rings is 1. The molecule has 0 radical (unpaired) electrons. The van der Waals surface area contributed by atoms with Crippen LogP contribution < -0.4 is 0 Å². The first-order valence-electron chi connectivity index (χ1n) is 7.55. The molecule has 0 aliphatic heterocycles. The molecule has 0 amide bonds. The normalized spacial score (nSPS) is 11.1. The molecule has 1 heterocycles. The van der Waals surface area contributed by atoms with E-state index in [0.717, 1.165) is 23.6 Å². The average Bonchev–Trinajstić information content (AvgIpc) is 3.03. The lowest BCUT2D eigenvalue weighted by Gasteiger charge is -2.19. The molecule has 0 fully saturated rings. The summed E-state index contributed by atoms with van der Waals surface area (Å²) in [5.41, 5.74) is 1.86. The van der Waals surface area contributed by atoms with Gasteiger partial charge in [0.1, 0.15) is 5.82 Å². The Morgan fingerprint density at radius 1 is 1.04 bits per heavy atom. The minimum absolute atomic E-state index is 0.215. The van der Waals surface area contributed by atoms with Crippen molar-refractivity contribution in [3.8, 4) is 5.69 Å². The Labute approximate surface area is 134 Å². The standard InChI is InChI=1S/C17H18FN5/c1-2-22(12-14-7-6-8-15(18)11-14)13-17-19-20-21-23(17)16-9-4-3-5-10-16/h3-11H,2,12-13H2,1H3. The quantitative estimate of drug-likeness (QED) is 0.702. The van der Waals surface area contributed by atoms with Crippen molar-refractivity contribution in [2.24, 2.45) is 0 Å². The third-order valence-corrected chi connectivity index (χ3v) is 3.64. The van der Waals surface area contributed by atoms with Crippen LogP contribution in [0.25, 0.3) is 5.69 Å². The van der Waals surface area contributed by atoms with Crippen molar-refractivity contribution in [3.63, 3.8) is 0 Å². The maximum absolute atomic E-state index is 13.3. The Morgan fingerprint density at radius 2 is 1.87 bits per heavy atom. The third-order valence-electron chi connectivity index (χ3n) is 3.64. The van der Waals surface area contributed by atoms with Crippen molar-refractivity contribution in [1.82, 2.24) is 25.1 Å². The van der Waals surface area contributed by atoms with Gasteiger partial charge in [-0.2, -0.15) is 4.68 Å². The van der Waals surface area contributed by atoms with E-state index < -0.39 is 0 Å². The van der Waals surface area contributed by atoms with Crippen molar-refractivity contribution in [2.75, 3.05) is 6.54 Å². The number of rotatable bonds is 6. The number of aromatic nitrogens is 4. The van der Waals surface area contributed by atoms with Crippen molar-refractivity contribution >= 4 is 0 Å². The summed E-state index contributed by atoms with van der Waals surface area (Å²) < 4.78 is 15.1. The summed E-state index contributed by atoms with van der Waals surface area (Å²) in [5.74, 6) is 0.544. The number of benzene rings is 2. The predicted molar refractivity (Wildman–Crippen MR) is 85.3 cm³/mol. The highest BCUT2D eigenvalue weighted by Crippen LogP contribution is 2.12. The molecule has 2 aromatic carbocycles. The second-order valence-corrected chi connectivity index (χ2v) is 5.28. The highest BCUT2D eigenvalue weighted by Gasteiger charge is 2.13. The van der Waals surface area contributed by atoms with E-state index in [2.05, 4.69) is 27.3 Å². The van der Waals surface area contributed by atoms with Crippen LogP contribution >= 0.6 is 0 Å². The van der Waals surface area contributed by atoms with Crippen molar-refractivity contribution in [1.29, 1.82) is 0 Å². The highest BCUT2D eigenvalue weighted by molar-refractivity contribution is 5.30. The van der Waals surface area contributed by atoms with Crippen LogP contribution in [0, 0.1) is 5.82 Å². The van der Waals surface area contributed by atoms with Gasteiger partial charge >= 0.3 is 0 Å². The summed E-state index contributed by atoms with van der Waals surface area (Å²) in [4.78, 5) is 2.17. The molecule has 3 aromatic rings. The number of halogens is 1. The van der Waals surface area contributed by atoms with E-state index in [4.69, 9.17) is 0 Å². The third kappa shape index (κ3) is 3.78. The van der Waals surface area contributed by atoms with Crippen LogP contribution in [0.4, 0.5) is 4.39 Å². The minimum Gasteiger partial charge on any atom is -0.292 e. The summed E-state index contributed by atoms with van der Waals surface area (Å²) >= 11 is 0. The van der Waals surface area contributed by atoms with Gasteiger partial charge in [0, 0.05) is 6.54 Å². The molecule has 5 nitrogen and oxygen atoms in total. The zero-order valence-corrected chi connectivity index (χ0v) is 12.9. The van der Waals surface area contributed by atoms with Crippen LogP contribution in [0.1, 0.15) is 18.3 Å². The molecule has 23 heavy (non-hydrogen) atoms. The second-order valence-electron chi connectivity index (χ2n) is 5.28. The Bertz CT molecular complexity index is 756. The van der Waals surface area contributed by atoms with Gasteiger partial charge in [-0.05, 0) is 46.8 Å². The van der Waals surface area contributed by atoms with E-state index in [1.165, 1.54) is 6.07 Å². The van der Waals surface area contributed by atoms with E-state index in [9.17, 15) is 4.39 Å². The number of para-hydroxylation sites is 1. The van der Waals surface area contributed by atoms with Gasteiger partial charge in [0.25, 0.3) is 0 Å². The zero-order chi connectivity index (χ0) is 16.1. The van der Waals surface area contributed by atoms with Crippen LogP contribution in [-0.2, 0) is 13.1 Å². The molecule has 0 spiro atoms. The number of hydrogen-bond donors (Lipinski definition) is 0. The van der Waals surface area contributed by atoms with Gasteiger partial charge in [0.2, 0.25) is 0 Å². The Hall–Kier alpha value is -2.60. The van der Waals surface area contributed by atoms with E-state index in [1.807, 2.05) is 36.4 Å². The largest absolute Gasteiger partial charge is 0.292 e. The van der Waals surface area contributed by atoms with E-state index >= 15 is 0 Å². The molecule has 0 unspecified atom stereocenters. The Kier molecular flexibility index (Phi) is 4.73. The fourth-order valence-electron chi connectivity index (χ4n) is 2.45. The van der Waals surface area contributed by atoms with E-state index in [0.29, 0.717) is 13.1 Å². The van der Waals surface area contributed by atoms with Crippen molar-refractivity contribution in [2.45, 2.75) is 20.0 Å². The number of hydrogen-bond acceptors (Lipinski definition) is 4. The molecule has 3 rings (SSSR count). The van der Waals surface area contributed by atoms with Gasteiger partial charge in [-0.25, -0.2) is 4.39 Å². The molecular weight excluding hydrogens is 293 g/mol. The van der Waals surface area contributed by atoms with E-state index in [1.54, 1.807) is 16.8 Å². The van der Waals surface area contributed by atoms with Gasteiger partial charge in [-0.1, -0.05) is 37.3 Å². The summed E-state index contributed by atoms with van der Waals surface area (Å²) in [6, 6.07) is 16.4. The van der Waals surface area contributed by atoms with Crippen molar-refractivity contribution < 1.29 is 4.39 Å². The van der Waals surface area contributed by atoms with Gasteiger partial charge < -0.3 is 0 Å². The van der Waals surface area contributed by atoms with Gasteiger partial charge in [0.15, 0.2) is 5.82 Å². The fourth-order valence-corrected chi connectivity index (χ4v) is 2.45. The highest BCUT2D eigenvalue weighted by atomic mass is 19.1. The molecule has 0 saturated carbocycles. The lowest BCUT2D eigenvalue weighted by molar-refractivity contribution is 0.262. The maximum Gasteiger partial charge on any atom is 0.170 e. The molecular formula is C17H18FN5. The smallest absolute Gasteiger partial charge is 0.170 e. The van der Waals surface area contributed by atoms with Crippen LogP contribution in [0.3, 0.4) is 0 Å². The first kappa shape index (κ1) is 15.3. The van der Waals surface area contributed by atoms with Gasteiger partial charge in [-0.3, -0.25) is 4.90 Å². The fraction of sp³-hybridized carbons (Fsp3) is 0.235. The molecule has 118 valence electrons. The Balaban J connectivity index is 1.77. The molecule has 0 N–H and O–H groups in total. The molecule has 6 heteroatoms. The molecule has 0 aliphatic carbocycles.